The molecule has 0 unspecified atom stereocenters. The second kappa shape index (κ2) is 9.05. The summed E-state index contributed by atoms with van der Waals surface area (Å²) in [5.74, 6) is 0.744. The van der Waals surface area contributed by atoms with Gasteiger partial charge in [0.25, 0.3) is 0 Å². The van der Waals surface area contributed by atoms with Gasteiger partial charge in [-0.05, 0) is 27.7 Å². The lowest BCUT2D eigenvalue weighted by atomic mass is 10.2. The summed E-state index contributed by atoms with van der Waals surface area (Å²) >= 11 is 0. The van der Waals surface area contributed by atoms with E-state index in [-0.39, 0.29) is 41.7 Å². The SMILES string of the molecule is CN=C(NCCC(=O)NC(C)C)N1CCS(=O)(=O)C(C)(C)C1.I. The number of carbonyl (C=O) groups is 1. The lowest BCUT2D eigenvalue weighted by Gasteiger charge is -2.39. The van der Waals surface area contributed by atoms with Gasteiger partial charge >= 0.3 is 0 Å². The van der Waals surface area contributed by atoms with Crippen molar-refractivity contribution >= 4 is 45.7 Å². The normalized spacial score (nSPS) is 19.9. The van der Waals surface area contributed by atoms with Gasteiger partial charge in [-0.15, -0.1) is 24.0 Å². The van der Waals surface area contributed by atoms with Gasteiger partial charge in [-0.2, -0.15) is 0 Å². The van der Waals surface area contributed by atoms with E-state index in [1.54, 1.807) is 20.9 Å². The van der Waals surface area contributed by atoms with Crippen LogP contribution in [0.3, 0.4) is 0 Å². The highest BCUT2D eigenvalue weighted by molar-refractivity contribution is 14.0. The Hall–Kier alpha value is -0.580. The van der Waals surface area contributed by atoms with Crippen LogP contribution in [0, 0.1) is 0 Å². The van der Waals surface area contributed by atoms with Crippen molar-refractivity contribution in [1.82, 2.24) is 15.5 Å². The number of rotatable bonds is 4. The molecule has 1 amide bonds. The minimum absolute atomic E-state index is 0. The van der Waals surface area contributed by atoms with Crippen LogP contribution in [0.15, 0.2) is 4.99 Å². The van der Waals surface area contributed by atoms with Crippen LogP contribution in [-0.2, 0) is 14.6 Å². The standard InChI is InChI=1S/C14H28N4O3S.HI/c1-11(2)17-12(19)6-7-16-13(15-5)18-8-9-22(20,21)14(3,4)10-18;/h11H,6-10H2,1-5H3,(H,15,16)(H,17,19);1H. The molecular weight excluding hydrogens is 431 g/mol. The topological polar surface area (TPSA) is 90.9 Å². The quantitative estimate of drug-likeness (QED) is 0.365. The van der Waals surface area contributed by atoms with Crippen molar-refractivity contribution in [1.29, 1.82) is 0 Å². The molecule has 1 saturated heterocycles. The number of guanidine groups is 1. The zero-order valence-electron chi connectivity index (χ0n) is 14.5. The Labute approximate surface area is 156 Å². The van der Waals surface area contributed by atoms with Crippen molar-refractivity contribution in [3.63, 3.8) is 0 Å². The summed E-state index contributed by atoms with van der Waals surface area (Å²) in [6.07, 6.45) is 0.354. The molecule has 0 radical (unpaired) electrons. The number of carbonyl (C=O) groups excluding carboxylic acids is 1. The summed E-state index contributed by atoms with van der Waals surface area (Å²) in [6, 6.07) is 0.125. The van der Waals surface area contributed by atoms with Crippen molar-refractivity contribution in [2.45, 2.75) is 44.9 Å². The van der Waals surface area contributed by atoms with Crippen molar-refractivity contribution in [3.8, 4) is 0 Å². The highest BCUT2D eigenvalue weighted by Gasteiger charge is 2.40. The summed E-state index contributed by atoms with van der Waals surface area (Å²) in [7, 11) is -1.41. The van der Waals surface area contributed by atoms with Crippen LogP contribution in [0.5, 0.6) is 0 Å². The molecule has 23 heavy (non-hydrogen) atoms. The summed E-state index contributed by atoms with van der Waals surface area (Å²) in [6.45, 7) is 8.59. The second-order valence-corrected chi connectivity index (χ2v) is 9.19. The number of nitrogens with one attached hydrogen (secondary N) is 2. The first-order valence-corrected chi connectivity index (χ1v) is 9.21. The van der Waals surface area contributed by atoms with Gasteiger partial charge in [0.2, 0.25) is 5.91 Å². The molecule has 1 heterocycles. The van der Waals surface area contributed by atoms with E-state index in [1.165, 1.54) is 0 Å². The van der Waals surface area contributed by atoms with Gasteiger partial charge < -0.3 is 15.5 Å². The summed E-state index contributed by atoms with van der Waals surface area (Å²) in [5, 5.41) is 5.95. The van der Waals surface area contributed by atoms with Crippen LogP contribution >= 0.6 is 24.0 Å². The predicted molar refractivity (Wildman–Crippen MR) is 104 cm³/mol. The molecule has 0 spiro atoms. The zero-order valence-corrected chi connectivity index (χ0v) is 17.7. The van der Waals surface area contributed by atoms with Crippen molar-refractivity contribution in [3.05, 3.63) is 0 Å². The van der Waals surface area contributed by atoms with Crippen LogP contribution in [0.25, 0.3) is 0 Å². The average Bonchev–Trinajstić information content (AvgIpc) is 2.37. The van der Waals surface area contributed by atoms with Crippen molar-refractivity contribution < 1.29 is 13.2 Å². The molecule has 1 aliphatic heterocycles. The third-order valence-corrected chi connectivity index (χ3v) is 6.17. The Bertz CT molecular complexity index is 532. The minimum Gasteiger partial charge on any atom is -0.356 e. The number of sulfone groups is 1. The number of hydrogen-bond acceptors (Lipinski definition) is 4. The van der Waals surface area contributed by atoms with E-state index in [0.29, 0.717) is 32.0 Å². The molecule has 9 heteroatoms. The monoisotopic (exact) mass is 460 g/mol. The van der Waals surface area contributed by atoms with Gasteiger partial charge in [-0.1, -0.05) is 0 Å². The van der Waals surface area contributed by atoms with Crippen molar-refractivity contribution in [2.24, 2.45) is 4.99 Å². The van der Waals surface area contributed by atoms with E-state index in [1.807, 2.05) is 18.7 Å². The number of nitrogens with zero attached hydrogens (tertiary/aromatic N) is 2. The molecule has 136 valence electrons. The molecule has 0 aromatic rings. The first-order chi connectivity index (χ1) is 10.1. The summed E-state index contributed by atoms with van der Waals surface area (Å²) in [5.41, 5.74) is 0. The van der Waals surface area contributed by atoms with E-state index >= 15 is 0 Å². The van der Waals surface area contributed by atoms with E-state index < -0.39 is 14.6 Å². The Morgan fingerprint density at radius 2 is 1.96 bits per heavy atom. The number of amides is 1. The Balaban J connectivity index is 0.00000484. The predicted octanol–water partition coefficient (Wildman–Crippen LogP) is 0.604. The van der Waals surface area contributed by atoms with E-state index in [9.17, 15) is 13.2 Å². The summed E-state index contributed by atoms with van der Waals surface area (Å²) in [4.78, 5) is 17.7. The third kappa shape index (κ3) is 6.44. The molecule has 7 nitrogen and oxygen atoms in total. The van der Waals surface area contributed by atoms with Gasteiger partial charge in [-0.3, -0.25) is 9.79 Å². The lowest BCUT2D eigenvalue weighted by molar-refractivity contribution is -0.121. The van der Waals surface area contributed by atoms with Gasteiger partial charge in [0.05, 0.1) is 10.5 Å². The molecule has 0 bridgehead atoms. The number of aliphatic imine (C=N–C) groups is 1. The second-order valence-electron chi connectivity index (χ2n) is 6.45. The van der Waals surface area contributed by atoms with Crippen LogP contribution in [0.4, 0.5) is 0 Å². The molecule has 0 atom stereocenters. The van der Waals surface area contributed by atoms with Crippen LogP contribution in [-0.4, -0.2) is 68.4 Å². The number of hydrogen-bond donors (Lipinski definition) is 2. The van der Waals surface area contributed by atoms with Crippen LogP contribution in [0.1, 0.15) is 34.1 Å². The Kier molecular flexibility index (Phi) is 8.82. The minimum atomic E-state index is -3.07. The van der Waals surface area contributed by atoms with Gasteiger partial charge in [-0.25, -0.2) is 8.42 Å². The molecule has 0 saturated carbocycles. The van der Waals surface area contributed by atoms with Gasteiger partial charge in [0.15, 0.2) is 15.8 Å². The molecule has 0 aromatic heterocycles. The highest BCUT2D eigenvalue weighted by atomic mass is 127. The van der Waals surface area contributed by atoms with E-state index in [4.69, 9.17) is 0 Å². The molecule has 2 N–H and O–H groups in total. The van der Waals surface area contributed by atoms with Gasteiger partial charge in [0.1, 0.15) is 0 Å². The number of halogens is 1. The fourth-order valence-corrected chi connectivity index (χ4v) is 3.70. The first kappa shape index (κ1) is 22.4. The molecule has 1 fully saturated rings. The maximum atomic E-state index is 12.0. The average molecular weight is 460 g/mol. The molecular formula is C14H29IN4O3S. The zero-order chi connectivity index (χ0) is 17.0. The van der Waals surface area contributed by atoms with Crippen LogP contribution < -0.4 is 10.6 Å². The first-order valence-electron chi connectivity index (χ1n) is 7.56. The lowest BCUT2D eigenvalue weighted by Crippen LogP contribution is -2.57. The Morgan fingerprint density at radius 3 is 2.43 bits per heavy atom. The fraction of sp³-hybridized carbons (Fsp3) is 0.857. The maximum absolute atomic E-state index is 12.0. The van der Waals surface area contributed by atoms with Gasteiger partial charge in [0, 0.05) is 39.1 Å². The highest BCUT2D eigenvalue weighted by Crippen LogP contribution is 2.23. The summed E-state index contributed by atoms with van der Waals surface area (Å²) < 4.78 is 23.3. The molecule has 1 rings (SSSR count). The fourth-order valence-electron chi connectivity index (χ4n) is 2.34. The van der Waals surface area contributed by atoms with Crippen LogP contribution in [0.2, 0.25) is 0 Å². The maximum Gasteiger partial charge on any atom is 0.221 e. The third-order valence-electron chi connectivity index (χ3n) is 3.64. The largest absolute Gasteiger partial charge is 0.356 e. The van der Waals surface area contributed by atoms with E-state index in [0.717, 1.165) is 0 Å². The van der Waals surface area contributed by atoms with Crippen molar-refractivity contribution in [2.75, 3.05) is 32.4 Å². The van der Waals surface area contributed by atoms with E-state index in [2.05, 4.69) is 15.6 Å². The molecule has 0 aromatic carbocycles. The molecule has 0 aliphatic carbocycles. The smallest absolute Gasteiger partial charge is 0.221 e. The Morgan fingerprint density at radius 1 is 1.35 bits per heavy atom. The molecule has 1 aliphatic rings.